The summed E-state index contributed by atoms with van der Waals surface area (Å²) in [7, 11) is 0. The van der Waals surface area contributed by atoms with Crippen molar-refractivity contribution in [1.29, 1.82) is 0 Å². The molecule has 0 amide bonds. The summed E-state index contributed by atoms with van der Waals surface area (Å²) in [5.41, 5.74) is -3.12. The van der Waals surface area contributed by atoms with Crippen molar-refractivity contribution in [1.82, 2.24) is 0 Å². The highest BCUT2D eigenvalue weighted by Gasteiger charge is 2.61. The second-order valence-corrected chi connectivity index (χ2v) is 5.42. The average molecular weight is 329 g/mol. The maximum absolute atomic E-state index is 13.6. The van der Waals surface area contributed by atoms with E-state index < -0.39 is 11.8 Å². The van der Waals surface area contributed by atoms with Gasteiger partial charge in [0, 0.05) is 16.7 Å². The number of fused-ring (bicyclic) bond motifs is 3. The van der Waals surface area contributed by atoms with Gasteiger partial charge in [-0.25, -0.2) is 0 Å². The van der Waals surface area contributed by atoms with Gasteiger partial charge >= 0.3 is 6.18 Å². The molecule has 0 fully saturated rings. The topological polar surface area (TPSA) is 29.5 Å². The molecule has 1 aliphatic carbocycles. The van der Waals surface area contributed by atoms with Gasteiger partial charge in [-0.05, 0) is 24.6 Å². The van der Waals surface area contributed by atoms with Crippen LogP contribution in [0.4, 0.5) is 13.2 Å². The minimum absolute atomic E-state index is 0.119. The summed E-state index contributed by atoms with van der Waals surface area (Å²) >= 11 is 6.16. The number of hydrogen-bond acceptors (Lipinski definition) is 2. The normalized spacial score (nSPS) is 19.7. The summed E-state index contributed by atoms with van der Waals surface area (Å²) in [5, 5.41) is 10.6. The van der Waals surface area contributed by atoms with E-state index in [9.17, 15) is 18.3 Å². The third-order valence-electron chi connectivity index (χ3n) is 3.76. The first-order valence-electron chi connectivity index (χ1n) is 6.66. The van der Waals surface area contributed by atoms with E-state index in [1.807, 2.05) is 0 Å². The van der Waals surface area contributed by atoms with E-state index in [0.29, 0.717) is 0 Å². The Labute approximate surface area is 130 Å². The molecule has 2 aromatic rings. The molecule has 0 radical (unpaired) electrons. The van der Waals surface area contributed by atoms with Crippen LogP contribution in [-0.4, -0.2) is 17.9 Å². The Morgan fingerprint density at radius 3 is 2.50 bits per heavy atom. The van der Waals surface area contributed by atoms with Gasteiger partial charge in [0.2, 0.25) is 5.60 Å². The van der Waals surface area contributed by atoms with Crippen LogP contribution in [0, 0.1) is 0 Å². The lowest BCUT2D eigenvalue weighted by Crippen LogP contribution is -2.41. The maximum atomic E-state index is 13.6. The van der Waals surface area contributed by atoms with Crippen molar-refractivity contribution in [2.45, 2.75) is 18.7 Å². The van der Waals surface area contributed by atoms with Crippen molar-refractivity contribution in [2.24, 2.45) is 0 Å². The number of alkyl halides is 3. The summed E-state index contributed by atoms with van der Waals surface area (Å²) in [5.74, 6) is 0.196. The molecule has 1 aliphatic rings. The van der Waals surface area contributed by atoms with Gasteiger partial charge in [-0.1, -0.05) is 35.9 Å². The average Bonchev–Trinajstić information content (AvgIpc) is 2.71. The fourth-order valence-electron chi connectivity index (χ4n) is 2.86. The molecule has 0 heterocycles. The molecule has 3 rings (SSSR count). The molecule has 1 atom stereocenters. The van der Waals surface area contributed by atoms with Crippen LogP contribution < -0.4 is 4.74 Å². The minimum atomic E-state index is -4.87. The van der Waals surface area contributed by atoms with E-state index in [2.05, 4.69) is 0 Å². The minimum Gasteiger partial charge on any atom is -0.494 e. The lowest BCUT2D eigenvalue weighted by atomic mass is 9.90. The Morgan fingerprint density at radius 1 is 1.18 bits per heavy atom. The number of hydrogen-bond donors (Lipinski definition) is 1. The summed E-state index contributed by atoms with van der Waals surface area (Å²) in [4.78, 5) is 0. The Kier molecular flexibility index (Phi) is 3.38. The van der Waals surface area contributed by atoms with Crippen molar-refractivity contribution in [2.75, 3.05) is 6.61 Å². The van der Waals surface area contributed by atoms with Crippen LogP contribution in [0.25, 0.3) is 11.1 Å². The lowest BCUT2D eigenvalue weighted by Gasteiger charge is -2.28. The van der Waals surface area contributed by atoms with Crippen molar-refractivity contribution >= 4 is 11.6 Å². The van der Waals surface area contributed by atoms with Gasteiger partial charge in [0.15, 0.2) is 0 Å². The quantitative estimate of drug-likeness (QED) is 0.878. The number of benzene rings is 2. The Morgan fingerprint density at radius 2 is 1.86 bits per heavy atom. The lowest BCUT2D eigenvalue weighted by molar-refractivity contribution is -0.246. The highest BCUT2D eigenvalue weighted by molar-refractivity contribution is 6.34. The SMILES string of the molecule is CCOc1cc(Cl)c2c(c1)C(O)(C(F)(F)F)c1ccccc1-2. The number of ether oxygens (including phenoxy) is 1. The molecule has 0 saturated heterocycles. The molecule has 6 heteroatoms. The van der Waals surface area contributed by atoms with E-state index in [4.69, 9.17) is 16.3 Å². The third-order valence-corrected chi connectivity index (χ3v) is 4.06. The van der Waals surface area contributed by atoms with E-state index >= 15 is 0 Å². The predicted octanol–water partition coefficient (Wildman–Crippen LogP) is 4.52. The van der Waals surface area contributed by atoms with Crippen molar-refractivity contribution in [3.8, 4) is 16.9 Å². The summed E-state index contributed by atoms with van der Waals surface area (Å²) in [6.07, 6.45) is -4.87. The molecule has 0 aromatic heterocycles. The molecular weight excluding hydrogens is 317 g/mol. The van der Waals surface area contributed by atoms with Gasteiger partial charge in [-0.2, -0.15) is 13.2 Å². The fraction of sp³-hybridized carbons (Fsp3) is 0.250. The molecule has 2 aromatic carbocycles. The van der Waals surface area contributed by atoms with Crippen LogP contribution in [0.2, 0.25) is 5.02 Å². The van der Waals surface area contributed by atoms with Crippen LogP contribution in [0.5, 0.6) is 5.75 Å². The highest BCUT2D eigenvalue weighted by Crippen LogP contribution is 2.57. The Bertz CT molecular complexity index is 743. The van der Waals surface area contributed by atoms with Gasteiger partial charge in [-0.15, -0.1) is 0 Å². The van der Waals surface area contributed by atoms with Gasteiger partial charge in [0.25, 0.3) is 0 Å². The smallest absolute Gasteiger partial charge is 0.425 e. The van der Waals surface area contributed by atoms with Gasteiger partial charge in [-0.3, -0.25) is 0 Å². The first-order chi connectivity index (χ1) is 10.3. The number of aliphatic hydroxyl groups is 1. The number of rotatable bonds is 2. The van der Waals surface area contributed by atoms with Crippen LogP contribution in [0.1, 0.15) is 18.1 Å². The maximum Gasteiger partial charge on any atom is 0.425 e. The van der Waals surface area contributed by atoms with E-state index in [1.54, 1.807) is 13.0 Å². The van der Waals surface area contributed by atoms with Crippen LogP contribution in [-0.2, 0) is 5.60 Å². The molecule has 0 bridgehead atoms. The zero-order valence-electron chi connectivity index (χ0n) is 11.5. The largest absolute Gasteiger partial charge is 0.494 e. The third kappa shape index (κ3) is 1.92. The summed E-state index contributed by atoms with van der Waals surface area (Å²) in [6, 6.07) is 8.51. The van der Waals surface area contributed by atoms with Crippen LogP contribution in [0.3, 0.4) is 0 Å². The first-order valence-corrected chi connectivity index (χ1v) is 7.04. The van der Waals surface area contributed by atoms with Crippen molar-refractivity contribution in [3.63, 3.8) is 0 Å². The highest BCUT2D eigenvalue weighted by atomic mass is 35.5. The molecule has 2 nitrogen and oxygen atoms in total. The standard InChI is InChI=1S/C16H12ClF3O2/c1-2-22-9-7-12-14(13(17)8-9)10-5-3-4-6-11(10)15(12,21)16(18,19)20/h3-8,21H,2H2,1H3. The van der Waals surface area contributed by atoms with Crippen LogP contribution in [0.15, 0.2) is 36.4 Å². The van der Waals surface area contributed by atoms with E-state index in [1.165, 1.54) is 30.3 Å². The van der Waals surface area contributed by atoms with Gasteiger partial charge < -0.3 is 9.84 Å². The van der Waals surface area contributed by atoms with Gasteiger partial charge in [0.05, 0.1) is 11.6 Å². The monoisotopic (exact) mass is 328 g/mol. The second-order valence-electron chi connectivity index (χ2n) is 5.01. The van der Waals surface area contributed by atoms with Crippen molar-refractivity contribution in [3.05, 3.63) is 52.5 Å². The van der Waals surface area contributed by atoms with E-state index in [0.717, 1.165) is 0 Å². The second kappa shape index (κ2) is 4.89. The van der Waals surface area contributed by atoms with Crippen molar-refractivity contribution < 1.29 is 23.0 Å². The van der Waals surface area contributed by atoms with Gasteiger partial charge in [0.1, 0.15) is 5.75 Å². The summed E-state index contributed by atoms with van der Waals surface area (Å²) < 4.78 is 46.1. The number of halogens is 4. The van der Waals surface area contributed by atoms with E-state index in [-0.39, 0.29) is 39.6 Å². The zero-order chi connectivity index (χ0) is 16.1. The molecule has 1 unspecified atom stereocenters. The Hall–Kier alpha value is -1.72. The zero-order valence-corrected chi connectivity index (χ0v) is 12.3. The first kappa shape index (κ1) is 15.2. The molecule has 116 valence electrons. The molecule has 0 spiro atoms. The molecule has 0 aliphatic heterocycles. The predicted molar refractivity (Wildman–Crippen MR) is 77.1 cm³/mol. The fourth-order valence-corrected chi connectivity index (χ4v) is 3.17. The molecular formula is C16H12ClF3O2. The molecule has 22 heavy (non-hydrogen) atoms. The molecule has 1 N–H and O–H groups in total. The van der Waals surface area contributed by atoms with Crippen LogP contribution >= 0.6 is 11.6 Å². The summed E-state index contributed by atoms with van der Waals surface area (Å²) in [6.45, 7) is 2.00. The Balaban J connectivity index is 2.37. The molecule has 0 saturated carbocycles.